The number of ether oxygens (including phenoxy) is 4. The zero-order chi connectivity index (χ0) is 16.2. The van der Waals surface area contributed by atoms with Gasteiger partial charge in [0, 0.05) is 6.07 Å². The van der Waals surface area contributed by atoms with E-state index < -0.39 is 6.10 Å². The van der Waals surface area contributed by atoms with Gasteiger partial charge in [0.1, 0.15) is 18.1 Å². The van der Waals surface area contributed by atoms with Gasteiger partial charge in [0.05, 0.1) is 19.9 Å². The molecule has 0 bridgehead atoms. The number of fused-ring (bicyclic) bond motifs is 1. The average Bonchev–Trinajstić information content (AvgIpc) is 2.61. The minimum Gasteiger partial charge on any atom is -0.497 e. The van der Waals surface area contributed by atoms with Crippen LogP contribution in [0.5, 0.6) is 23.0 Å². The summed E-state index contributed by atoms with van der Waals surface area (Å²) in [6, 6.07) is 12.4. The van der Waals surface area contributed by atoms with Crippen LogP contribution >= 0.6 is 0 Å². The quantitative estimate of drug-likeness (QED) is 0.939. The normalized spacial score (nSPS) is 15.7. The summed E-state index contributed by atoms with van der Waals surface area (Å²) in [7, 11) is 3.09. The molecule has 120 valence electrons. The number of anilines is 1. The van der Waals surface area contributed by atoms with Crippen LogP contribution in [0.4, 0.5) is 5.69 Å². The van der Waals surface area contributed by atoms with Crippen LogP contribution in [0.3, 0.4) is 0 Å². The lowest BCUT2D eigenvalue weighted by Crippen LogP contribution is -2.40. The summed E-state index contributed by atoms with van der Waals surface area (Å²) >= 11 is 0. The van der Waals surface area contributed by atoms with Crippen molar-refractivity contribution in [1.82, 2.24) is 0 Å². The fourth-order valence-electron chi connectivity index (χ4n) is 2.27. The van der Waals surface area contributed by atoms with E-state index in [0.717, 1.165) is 0 Å². The first-order valence-corrected chi connectivity index (χ1v) is 7.12. The molecule has 1 amide bonds. The van der Waals surface area contributed by atoms with Gasteiger partial charge in [-0.1, -0.05) is 12.1 Å². The van der Waals surface area contributed by atoms with Crippen molar-refractivity contribution in [3.63, 3.8) is 0 Å². The van der Waals surface area contributed by atoms with E-state index in [1.165, 1.54) is 7.11 Å². The van der Waals surface area contributed by atoms with Crippen LogP contribution in [0, 0.1) is 0 Å². The molecular formula is C17H17NO5. The Hall–Kier alpha value is -2.89. The Labute approximate surface area is 133 Å². The van der Waals surface area contributed by atoms with Gasteiger partial charge in [0.2, 0.25) is 6.10 Å². The predicted molar refractivity (Wildman–Crippen MR) is 84.5 cm³/mol. The summed E-state index contributed by atoms with van der Waals surface area (Å²) in [6.45, 7) is 0.148. The molecule has 0 aliphatic carbocycles. The molecule has 0 saturated carbocycles. The number of hydrogen-bond acceptors (Lipinski definition) is 5. The van der Waals surface area contributed by atoms with E-state index >= 15 is 0 Å². The predicted octanol–water partition coefficient (Wildman–Crippen LogP) is 2.48. The molecule has 1 heterocycles. The Morgan fingerprint density at radius 2 is 1.91 bits per heavy atom. The second-order valence-electron chi connectivity index (χ2n) is 4.92. The van der Waals surface area contributed by atoms with Gasteiger partial charge in [0.25, 0.3) is 5.91 Å². The third-order valence-electron chi connectivity index (χ3n) is 3.47. The lowest BCUT2D eigenvalue weighted by atomic mass is 10.2. The van der Waals surface area contributed by atoms with Gasteiger partial charge in [-0.3, -0.25) is 4.79 Å². The minimum atomic E-state index is -0.735. The van der Waals surface area contributed by atoms with Crippen molar-refractivity contribution < 1.29 is 23.7 Å². The van der Waals surface area contributed by atoms with Crippen molar-refractivity contribution in [3.8, 4) is 23.0 Å². The number of carbonyl (C=O) groups is 1. The van der Waals surface area contributed by atoms with E-state index in [0.29, 0.717) is 28.7 Å². The Balaban J connectivity index is 1.75. The maximum absolute atomic E-state index is 12.4. The first-order valence-electron chi connectivity index (χ1n) is 7.12. The monoisotopic (exact) mass is 315 g/mol. The molecule has 2 aromatic carbocycles. The van der Waals surface area contributed by atoms with Crippen LogP contribution in [0.15, 0.2) is 42.5 Å². The minimum absolute atomic E-state index is 0.148. The largest absolute Gasteiger partial charge is 0.497 e. The molecule has 0 radical (unpaired) electrons. The standard InChI is InChI=1S/C17H17NO5/c1-20-11-7-8-13(21-2)12(9-11)18-17(19)16-10-22-14-5-3-4-6-15(14)23-16/h3-9,16H,10H2,1-2H3,(H,18,19)/t16-/m0/s1. The maximum atomic E-state index is 12.4. The molecule has 23 heavy (non-hydrogen) atoms. The highest BCUT2D eigenvalue weighted by Gasteiger charge is 2.28. The Morgan fingerprint density at radius 1 is 1.13 bits per heavy atom. The highest BCUT2D eigenvalue weighted by Crippen LogP contribution is 2.32. The molecule has 6 nitrogen and oxygen atoms in total. The van der Waals surface area contributed by atoms with Crippen LogP contribution in [0.25, 0.3) is 0 Å². The summed E-state index contributed by atoms with van der Waals surface area (Å²) in [5, 5.41) is 2.79. The third kappa shape index (κ3) is 3.15. The summed E-state index contributed by atoms with van der Waals surface area (Å²) < 4.78 is 21.7. The molecule has 1 aliphatic heterocycles. The van der Waals surface area contributed by atoms with E-state index in [2.05, 4.69) is 5.32 Å². The van der Waals surface area contributed by atoms with Gasteiger partial charge in [-0.2, -0.15) is 0 Å². The summed E-state index contributed by atoms with van der Waals surface area (Å²) in [4.78, 5) is 12.4. The SMILES string of the molecule is COc1ccc(OC)c(NC(=O)[C@@H]2COc3ccccc3O2)c1. The van der Waals surface area contributed by atoms with Crippen LogP contribution in [0.1, 0.15) is 0 Å². The van der Waals surface area contributed by atoms with Crippen LogP contribution in [-0.4, -0.2) is 32.8 Å². The highest BCUT2D eigenvalue weighted by molar-refractivity contribution is 5.96. The first-order chi connectivity index (χ1) is 11.2. The van der Waals surface area contributed by atoms with Gasteiger partial charge in [-0.05, 0) is 24.3 Å². The second-order valence-corrected chi connectivity index (χ2v) is 4.92. The third-order valence-corrected chi connectivity index (χ3v) is 3.47. The molecule has 1 atom stereocenters. The van der Waals surface area contributed by atoms with E-state index in [4.69, 9.17) is 18.9 Å². The van der Waals surface area contributed by atoms with Crippen molar-refractivity contribution in [2.45, 2.75) is 6.10 Å². The lowest BCUT2D eigenvalue weighted by molar-refractivity contribution is -0.125. The van der Waals surface area contributed by atoms with Crippen molar-refractivity contribution in [1.29, 1.82) is 0 Å². The Kier molecular flexibility index (Phi) is 4.23. The highest BCUT2D eigenvalue weighted by atomic mass is 16.6. The summed E-state index contributed by atoms with van der Waals surface area (Å²) in [5.41, 5.74) is 0.513. The molecule has 2 aromatic rings. The number of hydrogen-bond donors (Lipinski definition) is 1. The summed E-state index contributed by atoms with van der Waals surface area (Å²) in [5.74, 6) is 2.03. The number of benzene rings is 2. The van der Waals surface area contributed by atoms with Crippen molar-refractivity contribution >= 4 is 11.6 Å². The Morgan fingerprint density at radius 3 is 2.65 bits per heavy atom. The fourth-order valence-corrected chi connectivity index (χ4v) is 2.27. The molecule has 1 N–H and O–H groups in total. The number of para-hydroxylation sites is 2. The second kappa shape index (κ2) is 6.48. The topological polar surface area (TPSA) is 66.0 Å². The zero-order valence-corrected chi connectivity index (χ0v) is 12.9. The number of nitrogens with one attached hydrogen (secondary N) is 1. The molecule has 0 spiro atoms. The molecule has 0 fully saturated rings. The molecule has 6 heteroatoms. The molecule has 0 aromatic heterocycles. The van der Waals surface area contributed by atoms with Gasteiger partial charge >= 0.3 is 0 Å². The maximum Gasteiger partial charge on any atom is 0.269 e. The van der Waals surface area contributed by atoms with Crippen LogP contribution in [-0.2, 0) is 4.79 Å². The molecule has 0 unspecified atom stereocenters. The zero-order valence-electron chi connectivity index (χ0n) is 12.9. The Bertz CT molecular complexity index is 716. The van der Waals surface area contributed by atoms with Crippen LogP contribution in [0.2, 0.25) is 0 Å². The van der Waals surface area contributed by atoms with Gasteiger partial charge in [0.15, 0.2) is 11.5 Å². The molecule has 0 saturated heterocycles. The molecule has 3 rings (SSSR count). The van der Waals surface area contributed by atoms with E-state index in [1.807, 2.05) is 12.1 Å². The smallest absolute Gasteiger partial charge is 0.269 e. The fraction of sp³-hybridized carbons (Fsp3) is 0.235. The van der Waals surface area contributed by atoms with Crippen molar-refractivity contribution in [2.24, 2.45) is 0 Å². The van der Waals surface area contributed by atoms with Crippen molar-refractivity contribution in [2.75, 3.05) is 26.1 Å². The summed E-state index contributed by atoms with van der Waals surface area (Å²) in [6.07, 6.45) is -0.735. The van der Waals surface area contributed by atoms with E-state index in [-0.39, 0.29) is 12.5 Å². The average molecular weight is 315 g/mol. The number of rotatable bonds is 4. The van der Waals surface area contributed by atoms with Crippen molar-refractivity contribution in [3.05, 3.63) is 42.5 Å². The van der Waals surface area contributed by atoms with Gasteiger partial charge in [-0.15, -0.1) is 0 Å². The lowest BCUT2D eigenvalue weighted by Gasteiger charge is -2.25. The number of carbonyl (C=O) groups excluding carboxylic acids is 1. The van der Waals surface area contributed by atoms with Crippen LogP contribution < -0.4 is 24.3 Å². The van der Waals surface area contributed by atoms with E-state index in [9.17, 15) is 4.79 Å². The number of amides is 1. The first kappa shape index (κ1) is 15.0. The number of methoxy groups -OCH3 is 2. The molecule has 1 aliphatic rings. The van der Waals surface area contributed by atoms with E-state index in [1.54, 1.807) is 37.4 Å². The van der Waals surface area contributed by atoms with Gasteiger partial charge < -0.3 is 24.3 Å². The van der Waals surface area contributed by atoms with Gasteiger partial charge in [-0.25, -0.2) is 0 Å². The molecular weight excluding hydrogens is 298 g/mol.